The van der Waals surface area contributed by atoms with Crippen LogP contribution in [0.25, 0.3) is 0 Å². The Labute approximate surface area is 122 Å². The van der Waals surface area contributed by atoms with Gasteiger partial charge in [0.05, 0.1) is 4.90 Å². The van der Waals surface area contributed by atoms with E-state index in [2.05, 4.69) is 10.0 Å². The first kappa shape index (κ1) is 15.5. The Balaban J connectivity index is 2.21. The molecule has 0 saturated heterocycles. The van der Waals surface area contributed by atoms with Gasteiger partial charge in [-0.05, 0) is 56.8 Å². The van der Waals surface area contributed by atoms with Crippen LogP contribution in [-0.2, 0) is 16.6 Å². The summed E-state index contributed by atoms with van der Waals surface area (Å²) >= 11 is 0. The van der Waals surface area contributed by atoms with Gasteiger partial charge in [0.25, 0.3) is 0 Å². The van der Waals surface area contributed by atoms with Gasteiger partial charge in [0, 0.05) is 12.6 Å². The van der Waals surface area contributed by atoms with Gasteiger partial charge in [-0.25, -0.2) is 13.1 Å². The van der Waals surface area contributed by atoms with Crippen LogP contribution in [0.2, 0.25) is 0 Å². The minimum atomic E-state index is -3.43. The standard InChI is InChI=1S/C15H24N2O2S/c1-11-7-8-13(10-16-3)9-15(11)20(18,19)17-12(2)14-5-4-6-14/h7-9,12,14,16-17H,4-6,10H2,1-3H3. The molecule has 0 aliphatic heterocycles. The van der Waals surface area contributed by atoms with Crippen LogP contribution in [0.3, 0.4) is 0 Å². The molecule has 5 heteroatoms. The Hall–Kier alpha value is -0.910. The topological polar surface area (TPSA) is 58.2 Å². The molecule has 1 saturated carbocycles. The molecule has 1 aromatic carbocycles. The van der Waals surface area contributed by atoms with Crippen molar-refractivity contribution in [2.45, 2.75) is 50.6 Å². The highest BCUT2D eigenvalue weighted by atomic mass is 32.2. The van der Waals surface area contributed by atoms with Crippen molar-refractivity contribution in [2.24, 2.45) is 5.92 Å². The lowest BCUT2D eigenvalue weighted by molar-refractivity contribution is 0.260. The molecule has 0 amide bonds. The fraction of sp³-hybridized carbons (Fsp3) is 0.600. The highest BCUT2D eigenvalue weighted by Crippen LogP contribution is 2.30. The van der Waals surface area contributed by atoms with Gasteiger partial charge < -0.3 is 5.32 Å². The summed E-state index contributed by atoms with van der Waals surface area (Å²) in [5.74, 6) is 0.491. The van der Waals surface area contributed by atoms with Crippen molar-refractivity contribution in [3.05, 3.63) is 29.3 Å². The third-order valence-electron chi connectivity index (χ3n) is 4.12. The lowest BCUT2D eigenvalue weighted by Crippen LogP contribution is -2.40. The molecule has 0 radical (unpaired) electrons. The molecule has 1 aromatic rings. The Morgan fingerprint density at radius 3 is 2.60 bits per heavy atom. The minimum absolute atomic E-state index is 0.0149. The van der Waals surface area contributed by atoms with Crippen LogP contribution in [0.5, 0.6) is 0 Å². The van der Waals surface area contributed by atoms with E-state index in [1.165, 1.54) is 6.42 Å². The maximum atomic E-state index is 12.5. The molecule has 2 N–H and O–H groups in total. The van der Waals surface area contributed by atoms with Gasteiger partial charge in [-0.15, -0.1) is 0 Å². The quantitative estimate of drug-likeness (QED) is 0.846. The maximum absolute atomic E-state index is 12.5. The summed E-state index contributed by atoms with van der Waals surface area (Å²) < 4.78 is 27.9. The Bertz CT molecular complexity index is 565. The zero-order chi connectivity index (χ0) is 14.8. The first-order valence-corrected chi connectivity index (χ1v) is 8.69. The summed E-state index contributed by atoms with van der Waals surface area (Å²) in [7, 11) is -1.58. The molecule has 0 aromatic heterocycles. The molecule has 1 aliphatic rings. The van der Waals surface area contributed by atoms with E-state index in [1.54, 1.807) is 6.07 Å². The van der Waals surface area contributed by atoms with Crippen LogP contribution in [0.4, 0.5) is 0 Å². The molecular formula is C15H24N2O2S. The summed E-state index contributed by atoms with van der Waals surface area (Å²) in [6.07, 6.45) is 3.47. The summed E-state index contributed by atoms with van der Waals surface area (Å²) in [5, 5.41) is 3.04. The lowest BCUT2D eigenvalue weighted by Gasteiger charge is -2.31. The number of rotatable bonds is 6. The number of sulfonamides is 1. The Morgan fingerprint density at radius 1 is 1.35 bits per heavy atom. The van der Waals surface area contributed by atoms with Crippen molar-refractivity contribution in [1.82, 2.24) is 10.0 Å². The van der Waals surface area contributed by atoms with E-state index in [0.717, 1.165) is 24.0 Å². The van der Waals surface area contributed by atoms with Crippen molar-refractivity contribution >= 4 is 10.0 Å². The third-order valence-corrected chi connectivity index (χ3v) is 5.82. The second kappa shape index (κ2) is 6.24. The largest absolute Gasteiger partial charge is 0.316 e. The molecule has 0 heterocycles. The highest BCUT2D eigenvalue weighted by Gasteiger charge is 2.28. The first-order chi connectivity index (χ1) is 9.44. The van der Waals surface area contributed by atoms with E-state index >= 15 is 0 Å². The number of hydrogen-bond donors (Lipinski definition) is 2. The van der Waals surface area contributed by atoms with Crippen LogP contribution in [0.1, 0.15) is 37.3 Å². The molecule has 4 nitrogen and oxygen atoms in total. The highest BCUT2D eigenvalue weighted by molar-refractivity contribution is 7.89. The number of nitrogens with one attached hydrogen (secondary N) is 2. The van der Waals surface area contributed by atoms with Crippen molar-refractivity contribution in [3.63, 3.8) is 0 Å². The fourth-order valence-electron chi connectivity index (χ4n) is 2.59. The minimum Gasteiger partial charge on any atom is -0.316 e. The van der Waals surface area contributed by atoms with E-state index in [1.807, 2.05) is 33.0 Å². The van der Waals surface area contributed by atoms with Crippen molar-refractivity contribution in [3.8, 4) is 0 Å². The van der Waals surface area contributed by atoms with E-state index in [9.17, 15) is 8.42 Å². The summed E-state index contributed by atoms with van der Waals surface area (Å²) in [6.45, 7) is 4.47. The maximum Gasteiger partial charge on any atom is 0.241 e. The average molecular weight is 296 g/mol. The third kappa shape index (κ3) is 3.40. The number of hydrogen-bond acceptors (Lipinski definition) is 3. The lowest BCUT2D eigenvalue weighted by atomic mass is 9.81. The molecule has 0 bridgehead atoms. The molecule has 1 unspecified atom stereocenters. The average Bonchev–Trinajstić information content (AvgIpc) is 2.28. The second-order valence-corrected chi connectivity index (χ2v) is 7.41. The van der Waals surface area contributed by atoms with E-state index in [0.29, 0.717) is 17.4 Å². The van der Waals surface area contributed by atoms with E-state index in [-0.39, 0.29) is 6.04 Å². The van der Waals surface area contributed by atoms with Crippen molar-refractivity contribution < 1.29 is 8.42 Å². The fourth-order valence-corrected chi connectivity index (χ4v) is 4.20. The second-order valence-electron chi connectivity index (χ2n) is 5.73. The first-order valence-electron chi connectivity index (χ1n) is 7.20. The molecule has 20 heavy (non-hydrogen) atoms. The van der Waals surface area contributed by atoms with Gasteiger partial charge in [0.15, 0.2) is 0 Å². The normalized spacial score (nSPS) is 17.8. The SMILES string of the molecule is CNCc1ccc(C)c(S(=O)(=O)NC(C)C2CCC2)c1. The number of benzene rings is 1. The molecule has 2 rings (SSSR count). The Kier molecular flexibility index (Phi) is 4.83. The smallest absolute Gasteiger partial charge is 0.241 e. The zero-order valence-corrected chi connectivity index (χ0v) is 13.3. The molecule has 0 spiro atoms. The molecular weight excluding hydrogens is 272 g/mol. The van der Waals surface area contributed by atoms with Crippen LogP contribution in [-0.4, -0.2) is 21.5 Å². The molecule has 1 fully saturated rings. The van der Waals surface area contributed by atoms with Crippen molar-refractivity contribution in [2.75, 3.05) is 7.05 Å². The molecule has 1 aliphatic carbocycles. The molecule has 1 atom stereocenters. The zero-order valence-electron chi connectivity index (χ0n) is 12.4. The van der Waals surface area contributed by atoms with Crippen LogP contribution < -0.4 is 10.0 Å². The van der Waals surface area contributed by atoms with Crippen LogP contribution in [0.15, 0.2) is 23.1 Å². The number of aryl methyl sites for hydroxylation is 1. The van der Waals surface area contributed by atoms with Crippen LogP contribution in [0, 0.1) is 12.8 Å². The predicted octanol–water partition coefficient (Wildman–Crippen LogP) is 2.18. The summed E-state index contributed by atoms with van der Waals surface area (Å²) in [4.78, 5) is 0.399. The van der Waals surface area contributed by atoms with Gasteiger partial charge in [0.2, 0.25) is 10.0 Å². The molecule has 112 valence electrons. The monoisotopic (exact) mass is 296 g/mol. The Morgan fingerprint density at radius 2 is 2.05 bits per heavy atom. The van der Waals surface area contributed by atoms with Gasteiger partial charge in [-0.2, -0.15) is 0 Å². The van der Waals surface area contributed by atoms with Crippen LogP contribution >= 0.6 is 0 Å². The predicted molar refractivity (Wildman–Crippen MR) is 81.1 cm³/mol. The van der Waals surface area contributed by atoms with E-state index < -0.39 is 10.0 Å². The van der Waals surface area contributed by atoms with Gasteiger partial charge in [0.1, 0.15) is 0 Å². The van der Waals surface area contributed by atoms with Gasteiger partial charge in [-0.1, -0.05) is 18.6 Å². The van der Waals surface area contributed by atoms with E-state index in [4.69, 9.17) is 0 Å². The summed E-state index contributed by atoms with van der Waals surface area (Å²) in [5.41, 5.74) is 1.77. The van der Waals surface area contributed by atoms with Gasteiger partial charge in [-0.3, -0.25) is 0 Å². The van der Waals surface area contributed by atoms with Gasteiger partial charge >= 0.3 is 0 Å². The summed E-state index contributed by atoms with van der Waals surface area (Å²) in [6, 6.07) is 5.61. The van der Waals surface area contributed by atoms with Crippen molar-refractivity contribution in [1.29, 1.82) is 0 Å².